The van der Waals surface area contributed by atoms with E-state index in [0.29, 0.717) is 16.7 Å². The summed E-state index contributed by atoms with van der Waals surface area (Å²) in [6.45, 7) is 7.31. The van der Waals surface area contributed by atoms with Crippen LogP contribution in [0, 0.1) is 40.4 Å². The van der Waals surface area contributed by atoms with Crippen molar-refractivity contribution < 1.29 is 9.94 Å². The van der Waals surface area contributed by atoms with Gasteiger partial charge in [0, 0.05) is 5.92 Å². The second-order valence-electron chi connectivity index (χ2n) is 10.2. The van der Waals surface area contributed by atoms with Crippen molar-refractivity contribution in [2.45, 2.75) is 84.7 Å². The van der Waals surface area contributed by atoms with E-state index in [9.17, 15) is 5.11 Å². The van der Waals surface area contributed by atoms with Gasteiger partial charge < -0.3 is 9.94 Å². The average Bonchev–Trinajstić information content (AvgIpc) is 2.93. The van der Waals surface area contributed by atoms with Gasteiger partial charge in [0.2, 0.25) is 0 Å². The molecule has 3 nitrogen and oxygen atoms in total. The number of rotatable bonds is 2. The summed E-state index contributed by atoms with van der Waals surface area (Å²) in [7, 11) is 1.68. The summed E-state index contributed by atoms with van der Waals surface area (Å²) in [5.74, 6) is 4.02. The van der Waals surface area contributed by atoms with Crippen molar-refractivity contribution >= 4 is 5.71 Å². The van der Waals surface area contributed by atoms with Crippen molar-refractivity contribution in [1.82, 2.24) is 0 Å². The van der Waals surface area contributed by atoms with Crippen molar-refractivity contribution in [2.24, 2.45) is 45.6 Å². The lowest BCUT2D eigenvalue weighted by Crippen LogP contribution is -2.54. The Labute approximate surface area is 153 Å². The summed E-state index contributed by atoms with van der Waals surface area (Å²) in [5.41, 5.74) is 2.12. The molecule has 0 radical (unpaired) electrons. The molecule has 1 unspecified atom stereocenters. The van der Waals surface area contributed by atoms with Gasteiger partial charge in [0.1, 0.15) is 7.11 Å². The molecule has 3 heteroatoms. The maximum atomic E-state index is 10.2. The summed E-state index contributed by atoms with van der Waals surface area (Å²) in [6.07, 6.45) is 11.4. The standard InChI is InChI=1S/C22H37NO2/c1-14(23-25-4)18-7-8-19-17-6-5-15-13-16(24)9-11-21(15,2)20(17)10-12-22(18,19)3/h15-20,24H,5-13H2,1-4H3/b23-14-/t15?,16-,17-,18+,19-,20-,21-,22+/m0/s1. The normalized spacial score (nSPS) is 52.9. The molecule has 4 aliphatic carbocycles. The highest BCUT2D eigenvalue weighted by molar-refractivity contribution is 5.85. The lowest BCUT2D eigenvalue weighted by atomic mass is 9.44. The quantitative estimate of drug-likeness (QED) is 0.562. The lowest BCUT2D eigenvalue weighted by Gasteiger charge is -2.61. The fourth-order valence-corrected chi connectivity index (χ4v) is 8.13. The molecule has 0 aromatic rings. The third kappa shape index (κ3) is 2.59. The monoisotopic (exact) mass is 347 g/mol. The Morgan fingerprint density at radius 1 is 0.960 bits per heavy atom. The molecular formula is C22H37NO2. The third-order valence-electron chi connectivity index (χ3n) is 9.38. The fraction of sp³-hybridized carbons (Fsp3) is 0.955. The molecule has 0 bridgehead atoms. The molecule has 0 aliphatic heterocycles. The predicted molar refractivity (Wildman–Crippen MR) is 101 cm³/mol. The molecule has 4 saturated carbocycles. The molecule has 0 saturated heterocycles. The van der Waals surface area contributed by atoms with Crippen LogP contribution in [0.25, 0.3) is 0 Å². The smallest absolute Gasteiger partial charge is 0.106 e. The van der Waals surface area contributed by atoms with E-state index >= 15 is 0 Å². The largest absolute Gasteiger partial charge is 0.399 e. The van der Waals surface area contributed by atoms with Gasteiger partial charge >= 0.3 is 0 Å². The Hall–Kier alpha value is -0.570. The molecule has 4 aliphatic rings. The van der Waals surface area contributed by atoms with Gasteiger partial charge in [-0.25, -0.2) is 0 Å². The van der Waals surface area contributed by atoms with E-state index in [1.807, 2.05) is 0 Å². The van der Waals surface area contributed by atoms with Gasteiger partial charge in [-0.05, 0) is 99.2 Å². The van der Waals surface area contributed by atoms with Crippen LogP contribution in [0.5, 0.6) is 0 Å². The van der Waals surface area contributed by atoms with Crippen molar-refractivity contribution in [2.75, 3.05) is 7.11 Å². The SMILES string of the molecule is CO/N=C(/C)[C@H]1CC[C@H]2[C@@H]3CCC4C[C@@H](O)CC[C@]4(C)[C@H]3CC[C@]12C. The first-order valence-corrected chi connectivity index (χ1v) is 10.7. The van der Waals surface area contributed by atoms with Crippen LogP contribution in [0.2, 0.25) is 0 Å². The van der Waals surface area contributed by atoms with Crippen LogP contribution in [-0.4, -0.2) is 24.0 Å². The molecule has 0 spiro atoms. The van der Waals surface area contributed by atoms with Crippen molar-refractivity contribution in [3.05, 3.63) is 0 Å². The van der Waals surface area contributed by atoms with Gasteiger partial charge in [-0.1, -0.05) is 19.0 Å². The molecule has 1 N–H and O–H groups in total. The minimum absolute atomic E-state index is 0.0350. The molecule has 8 atom stereocenters. The van der Waals surface area contributed by atoms with Gasteiger partial charge in [-0.3, -0.25) is 0 Å². The second kappa shape index (κ2) is 6.25. The van der Waals surface area contributed by atoms with E-state index in [1.165, 1.54) is 50.7 Å². The van der Waals surface area contributed by atoms with Crippen LogP contribution >= 0.6 is 0 Å². The molecule has 4 rings (SSSR count). The Bertz CT molecular complexity index is 546. The zero-order chi connectivity index (χ0) is 17.8. The van der Waals surface area contributed by atoms with Gasteiger partial charge in [0.15, 0.2) is 0 Å². The number of hydrogen-bond acceptors (Lipinski definition) is 3. The topological polar surface area (TPSA) is 41.8 Å². The van der Waals surface area contributed by atoms with E-state index in [4.69, 9.17) is 4.84 Å². The van der Waals surface area contributed by atoms with Crippen molar-refractivity contribution in [1.29, 1.82) is 0 Å². The van der Waals surface area contributed by atoms with Gasteiger partial charge in [0.25, 0.3) is 0 Å². The summed E-state index contributed by atoms with van der Waals surface area (Å²) in [4.78, 5) is 5.11. The number of nitrogens with zero attached hydrogens (tertiary/aromatic N) is 1. The van der Waals surface area contributed by atoms with Gasteiger partial charge in [-0.15, -0.1) is 0 Å². The van der Waals surface area contributed by atoms with E-state index in [2.05, 4.69) is 25.9 Å². The number of oxime groups is 1. The predicted octanol–water partition coefficient (Wildman–Crippen LogP) is 5.03. The van der Waals surface area contributed by atoms with Crippen LogP contribution in [0.15, 0.2) is 5.16 Å². The lowest BCUT2D eigenvalue weighted by molar-refractivity contribution is -0.123. The van der Waals surface area contributed by atoms with E-state index in [1.54, 1.807) is 7.11 Å². The molecule has 0 heterocycles. The zero-order valence-corrected chi connectivity index (χ0v) is 16.6. The number of aliphatic hydroxyl groups is 1. The molecule has 0 aromatic heterocycles. The van der Waals surface area contributed by atoms with Crippen LogP contribution in [0.1, 0.15) is 78.6 Å². The number of hydrogen-bond donors (Lipinski definition) is 1. The van der Waals surface area contributed by atoms with Crippen molar-refractivity contribution in [3.63, 3.8) is 0 Å². The summed E-state index contributed by atoms with van der Waals surface area (Å²) < 4.78 is 0. The summed E-state index contributed by atoms with van der Waals surface area (Å²) >= 11 is 0. The molecule has 0 amide bonds. The third-order valence-corrected chi connectivity index (χ3v) is 9.38. The maximum absolute atomic E-state index is 10.2. The molecule has 142 valence electrons. The van der Waals surface area contributed by atoms with Gasteiger partial charge in [0.05, 0.1) is 11.8 Å². The minimum atomic E-state index is -0.0350. The highest BCUT2D eigenvalue weighted by Crippen LogP contribution is 2.67. The van der Waals surface area contributed by atoms with Crippen LogP contribution < -0.4 is 0 Å². The Morgan fingerprint density at radius 2 is 1.68 bits per heavy atom. The summed E-state index contributed by atoms with van der Waals surface area (Å²) in [6, 6.07) is 0. The van der Waals surface area contributed by atoms with E-state index < -0.39 is 0 Å². The van der Waals surface area contributed by atoms with Crippen molar-refractivity contribution in [3.8, 4) is 0 Å². The van der Waals surface area contributed by atoms with Gasteiger partial charge in [-0.2, -0.15) is 0 Å². The van der Waals surface area contributed by atoms with Crippen LogP contribution in [0.4, 0.5) is 0 Å². The Morgan fingerprint density at radius 3 is 2.44 bits per heavy atom. The highest BCUT2D eigenvalue weighted by Gasteiger charge is 2.60. The second-order valence-corrected chi connectivity index (χ2v) is 10.2. The Balaban J connectivity index is 1.59. The number of aliphatic hydroxyl groups excluding tert-OH is 1. The minimum Gasteiger partial charge on any atom is -0.399 e. The number of fused-ring (bicyclic) bond motifs is 5. The van der Waals surface area contributed by atoms with Crippen LogP contribution in [0.3, 0.4) is 0 Å². The highest BCUT2D eigenvalue weighted by atomic mass is 16.6. The Kier molecular flexibility index (Phi) is 4.46. The van der Waals surface area contributed by atoms with E-state index in [-0.39, 0.29) is 6.10 Å². The first-order chi connectivity index (χ1) is 11.9. The summed E-state index contributed by atoms with van der Waals surface area (Å²) in [5, 5.41) is 14.5. The van der Waals surface area contributed by atoms with Crippen LogP contribution in [-0.2, 0) is 4.84 Å². The molecule has 0 aromatic carbocycles. The maximum Gasteiger partial charge on any atom is 0.106 e. The zero-order valence-electron chi connectivity index (χ0n) is 16.6. The molecule has 25 heavy (non-hydrogen) atoms. The molecule has 4 fully saturated rings. The average molecular weight is 348 g/mol. The first-order valence-electron chi connectivity index (χ1n) is 10.7. The van der Waals surface area contributed by atoms with E-state index in [0.717, 1.165) is 36.5 Å². The first kappa shape index (κ1) is 17.8. The molecular weight excluding hydrogens is 310 g/mol. The fourth-order valence-electron chi connectivity index (χ4n) is 8.13.